The predicted molar refractivity (Wildman–Crippen MR) is 46.7 cm³/mol. The number of hydrogen-bond donors (Lipinski definition) is 1. The molecule has 6 heteroatoms. The monoisotopic (exact) mass is 224 g/mol. The van der Waals surface area contributed by atoms with E-state index in [2.05, 4.69) is 6.07 Å². The number of hydrogen-bond acceptors (Lipinski definition) is 2. The van der Waals surface area contributed by atoms with E-state index in [9.17, 15) is 8.42 Å². The summed E-state index contributed by atoms with van der Waals surface area (Å²) in [7, 11) is -3.74. The van der Waals surface area contributed by atoms with Gasteiger partial charge in [-0.25, -0.2) is 13.6 Å². The molecule has 0 atom stereocenters. The lowest BCUT2D eigenvalue weighted by atomic mass is 10.4. The van der Waals surface area contributed by atoms with E-state index in [1.165, 1.54) is 12.1 Å². The van der Waals surface area contributed by atoms with Crippen molar-refractivity contribution in [2.24, 2.45) is 5.14 Å². The van der Waals surface area contributed by atoms with Gasteiger partial charge in [0.15, 0.2) is 0 Å². The van der Waals surface area contributed by atoms with Gasteiger partial charge in [-0.3, -0.25) is 0 Å². The van der Waals surface area contributed by atoms with Crippen molar-refractivity contribution in [1.82, 2.24) is 0 Å². The van der Waals surface area contributed by atoms with Crippen molar-refractivity contribution < 1.29 is 8.42 Å². The second-order valence-corrected chi connectivity index (χ2v) is 4.43. The molecule has 0 fully saturated rings. The molecular formula is C6H4Cl2NO2S. The molecule has 1 rings (SSSR count). The summed E-state index contributed by atoms with van der Waals surface area (Å²) >= 11 is 11.0. The molecule has 1 aromatic rings. The van der Waals surface area contributed by atoms with E-state index in [0.29, 0.717) is 0 Å². The smallest absolute Gasteiger partial charge is 0.225 e. The Labute approximate surface area is 80.1 Å². The molecular weight excluding hydrogens is 221 g/mol. The van der Waals surface area contributed by atoms with Crippen LogP contribution >= 0.6 is 23.2 Å². The summed E-state index contributed by atoms with van der Waals surface area (Å²) < 4.78 is 21.6. The maximum Gasteiger partial charge on any atom is 0.238 e. The third-order valence-corrected chi connectivity index (χ3v) is 2.41. The summed E-state index contributed by atoms with van der Waals surface area (Å²) in [5.74, 6) is 0. The summed E-state index contributed by atoms with van der Waals surface area (Å²) in [5.41, 5.74) is 0. The Kier molecular flexibility index (Phi) is 2.63. The van der Waals surface area contributed by atoms with Crippen molar-refractivity contribution in [2.75, 3.05) is 0 Å². The number of rotatable bonds is 1. The van der Waals surface area contributed by atoms with Gasteiger partial charge in [0.25, 0.3) is 0 Å². The summed E-state index contributed by atoms with van der Waals surface area (Å²) in [4.78, 5) is -0.115. The number of sulfonamides is 1. The summed E-state index contributed by atoms with van der Waals surface area (Å²) in [6.45, 7) is 0. The molecule has 0 heterocycles. The van der Waals surface area contributed by atoms with Crippen LogP contribution in [-0.2, 0) is 10.0 Å². The van der Waals surface area contributed by atoms with Crippen LogP contribution in [0.15, 0.2) is 17.0 Å². The first-order valence-electron chi connectivity index (χ1n) is 2.81. The quantitative estimate of drug-likeness (QED) is 0.785. The highest BCUT2D eigenvalue weighted by atomic mass is 35.5. The maximum absolute atomic E-state index is 10.8. The maximum atomic E-state index is 10.8. The zero-order valence-corrected chi connectivity index (χ0v) is 8.04. The van der Waals surface area contributed by atoms with Crippen molar-refractivity contribution in [3.05, 3.63) is 28.2 Å². The summed E-state index contributed by atoms with van der Waals surface area (Å²) in [6, 6.07) is 4.86. The Morgan fingerprint density at radius 3 is 2.00 bits per heavy atom. The normalized spacial score (nSPS) is 11.6. The van der Waals surface area contributed by atoms with Gasteiger partial charge in [0, 0.05) is 6.07 Å². The van der Waals surface area contributed by atoms with Crippen LogP contribution in [0.25, 0.3) is 0 Å². The average molecular weight is 225 g/mol. The lowest BCUT2D eigenvalue weighted by Crippen LogP contribution is -2.11. The predicted octanol–water partition coefficient (Wildman–Crippen LogP) is 1.44. The van der Waals surface area contributed by atoms with Crippen LogP contribution in [0.4, 0.5) is 0 Å². The van der Waals surface area contributed by atoms with E-state index < -0.39 is 10.0 Å². The van der Waals surface area contributed by atoms with Crippen LogP contribution in [0.2, 0.25) is 10.0 Å². The van der Waals surface area contributed by atoms with Gasteiger partial charge in [0.05, 0.1) is 14.9 Å². The second-order valence-electron chi connectivity index (χ2n) is 2.06. The summed E-state index contributed by atoms with van der Waals surface area (Å²) in [5, 5.41) is 5.07. The van der Waals surface area contributed by atoms with Gasteiger partial charge in [0.2, 0.25) is 10.0 Å². The molecule has 12 heavy (non-hydrogen) atoms. The van der Waals surface area contributed by atoms with E-state index in [-0.39, 0.29) is 14.9 Å². The van der Waals surface area contributed by atoms with E-state index >= 15 is 0 Å². The first-order chi connectivity index (χ1) is 5.39. The molecule has 1 aromatic carbocycles. The van der Waals surface area contributed by atoms with Crippen LogP contribution in [0.5, 0.6) is 0 Å². The summed E-state index contributed by atoms with van der Waals surface area (Å²) in [6.07, 6.45) is 0. The van der Waals surface area contributed by atoms with Gasteiger partial charge in [-0.05, 0) is 12.1 Å². The molecule has 0 aliphatic heterocycles. The number of nitrogens with two attached hydrogens (primary N) is 1. The molecule has 0 amide bonds. The van der Waals surface area contributed by atoms with Gasteiger partial charge in [0.1, 0.15) is 0 Å². The molecule has 2 N–H and O–H groups in total. The van der Waals surface area contributed by atoms with E-state index in [0.717, 1.165) is 0 Å². The fourth-order valence-electron chi connectivity index (χ4n) is 0.642. The van der Waals surface area contributed by atoms with E-state index in [1.807, 2.05) is 0 Å². The molecule has 1 radical (unpaired) electrons. The molecule has 0 aromatic heterocycles. The fraction of sp³-hybridized carbons (Fsp3) is 0. The van der Waals surface area contributed by atoms with Crippen molar-refractivity contribution in [3.8, 4) is 0 Å². The van der Waals surface area contributed by atoms with Crippen LogP contribution < -0.4 is 5.14 Å². The lowest BCUT2D eigenvalue weighted by molar-refractivity contribution is 0.598. The Hall–Kier alpha value is -0.290. The van der Waals surface area contributed by atoms with E-state index in [4.69, 9.17) is 28.3 Å². The SMILES string of the molecule is NS(=O)(=O)c1cc(Cl)[c]c(Cl)c1. The number of halogens is 2. The van der Waals surface area contributed by atoms with Crippen molar-refractivity contribution >= 4 is 33.2 Å². The molecule has 0 aliphatic carbocycles. The Morgan fingerprint density at radius 1 is 1.25 bits per heavy atom. The fourth-order valence-corrected chi connectivity index (χ4v) is 1.82. The number of benzene rings is 1. The highest BCUT2D eigenvalue weighted by Gasteiger charge is 2.09. The molecule has 0 bridgehead atoms. The third-order valence-electron chi connectivity index (χ3n) is 1.11. The van der Waals surface area contributed by atoms with E-state index in [1.54, 1.807) is 0 Å². The average Bonchev–Trinajstić information content (AvgIpc) is 1.82. The Morgan fingerprint density at radius 2 is 1.67 bits per heavy atom. The molecule has 3 nitrogen and oxygen atoms in total. The van der Waals surface area contributed by atoms with Gasteiger partial charge in [-0.15, -0.1) is 0 Å². The Balaban J connectivity index is 3.37. The van der Waals surface area contributed by atoms with Gasteiger partial charge in [-0.1, -0.05) is 23.2 Å². The first-order valence-corrected chi connectivity index (χ1v) is 5.11. The van der Waals surface area contributed by atoms with Crippen LogP contribution in [0, 0.1) is 6.07 Å². The lowest BCUT2D eigenvalue weighted by Gasteiger charge is -1.98. The number of primary sulfonamides is 1. The topological polar surface area (TPSA) is 60.2 Å². The third kappa shape index (κ3) is 2.35. The Bertz CT molecular complexity index is 382. The molecule has 0 saturated carbocycles. The standard InChI is InChI=1S/C6H4Cl2NO2S/c7-4-1-5(8)3-6(2-4)12(9,10)11/h2-3H,(H2,9,10,11). The zero-order chi connectivity index (χ0) is 9.35. The van der Waals surface area contributed by atoms with Crippen molar-refractivity contribution in [3.63, 3.8) is 0 Å². The van der Waals surface area contributed by atoms with Crippen molar-refractivity contribution in [1.29, 1.82) is 0 Å². The minimum Gasteiger partial charge on any atom is -0.225 e. The highest BCUT2D eigenvalue weighted by molar-refractivity contribution is 7.89. The van der Waals surface area contributed by atoms with Crippen LogP contribution in [0.3, 0.4) is 0 Å². The van der Waals surface area contributed by atoms with Gasteiger partial charge < -0.3 is 0 Å². The van der Waals surface area contributed by atoms with Gasteiger partial charge in [-0.2, -0.15) is 0 Å². The largest absolute Gasteiger partial charge is 0.238 e. The molecule has 65 valence electrons. The van der Waals surface area contributed by atoms with Gasteiger partial charge >= 0.3 is 0 Å². The van der Waals surface area contributed by atoms with Crippen LogP contribution in [0.1, 0.15) is 0 Å². The zero-order valence-electron chi connectivity index (χ0n) is 5.71. The molecule has 0 unspecified atom stereocenters. The minimum absolute atomic E-state index is 0.115. The van der Waals surface area contributed by atoms with Crippen molar-refractivity contribution in [2.45, 2.75) is 4.90 Å². The molecule has 0 spiro atoms. The first kappa shape index (κ1) is 9.80. The molecule has 0 saturated heterocycles. The highest BCUT2D eigenvalue weighted by Crippen LogP contribution is 2.20. The molecule has 0 aliphatic rings. The minimum atomic E-state index is -3.74. The van der Waals surface area contributed by atoms with Crippen LogP contribution in [-0.4, -0.2) is 8.42 Å². The second kappa shape index (κ2) is 3.22.